The van der Waals surface area contributed by atoms with E-state index in [9.17, 15) is 13.2 Å². The quantitative estimate of drug-likeness (QED) is 0.776. The predicted molar refractivity (Wildman–Crippen MR) is 63.0 cm³/mol. The van der Waals surface area contributed by atoms with Crippen molar-refractivity contribution in [2.24, 2.45) is 5.92 Å². The summed E-state index contributed by atoms with van der Waals surface area (Å²) < 4.78 is 37.2. The van der Waals surface area contributed by atoms with Gasteiger partial charge in [-0.25, -0.2) is 9.97 Å². The van der Waals surface area contributed by atoms with Gasteiger partial charge in [-0.05, 0) is 28.3 Å². The van der Waals surface area contributed by atoms with E-state index in [0.717, 1.165) is 0 Å². The maximum Gasteiger partial charge on any atom is 0.396 e. The molecule has 0 amide bonds. The van der Waals surface area contributed by atoms with Crippen LogP contribution in [-0.4, -0.2) is 16.1 Å². The third-order valence-corrected chi connectivity index (χ3v) is 3.22. The second kappa shape index (κ2) is 5.52. The summed E-state index contributed by atoms with van der Waals surface area (Å²) in [5.41, 5.74) is 0.513. The molecule has 0 aromatic carbocycles. The zero-order chi connectivity index (χ0) is 13.2. The van der Waals surface area contributed by atoms with Crippen LogP contribution in [-0.2, 0) is 12.8 Å². The maximum atomic E-state index is 12.2. The van der Waals surface area contributed by atoms with E-state index in [4.69, 9.17) is 11.6 Å². The molecule has 0 saturated carbocycles. The summed E-state index contributed by atoms with van der Waals surface area (Å²) in [6.45, 7) is 3.90. The molecule has 0 saturated heterocycles. The van der Waals surface area contributed by atoms with E-state index in [1.807, 2.05) is 13.8 Å². The van der Waals surface area contributed by atoms with E-state index in [-0.39, 0.29) is 16.9 Å². The van der Waals surface area contributed by atoms with Gasteiger partial charge in [0.2, 0.25) is 0 Å². The molecule has 1 aromatic rings. The van der Waals surface area contributed by atoms with Gasteiger partial charge in [-0.1, -0.05) is 25.4 Å². The molecule has 0 N–H and O–H groups in total. The Hall–Kier alpha value is -0.360. The Balaban J connectivity index is 3.06. The zero-order valence-electron chi connectivity index (χ0n) is 9.28. The Bertz CT molecular complexity index is 407. The molecule has 0 radical (unpaired) electrons. The van der Waals surface area contributed by atoms with Crippen LogP contribution in [0.3, 0.4) is 0 Å². The predicted octanol–water partition coefficient (Wildman–Crippen LogP) is 4.20. The van der Waals surface area contributed by atoms with Crippen LogP contribution < -0.4 is 0 Å². The smallest absolute Gasteiger partial charge is 0.236 e. The fraction of sp³-hybridized carbons (Fsp3) is 0.600. The number of nitrogens with zero attached hydrogens (tertiary/aromatic N) is 2. The van der Waals surface area contributed by atoms with Gasteiger partial charge in [0.15, 0.2) is 0 Å². The van der Waals surface area contributed by atoms with Crippen LogP contribution in [0.5, 0.6) is 0 Å². The molecule has 1 heterocycles. The van der Waals surface area contributed by atoms with Gasteiger partial charge in [-0.15, -0.1) is 0 Å². The lowest BCUT2D eigenvalue weighted by Crippen LogP contribution is -2.15. The van der Waals surface area contributed by atoms with Gasteiger partial charge < -0.3 is 0 Å². The molecule has 96 valence electrons. The Kier molecular flexibility index (Phi) is 4.77. The Morgan fingerprint density at radius 2 is 1.88 bits per heavy atom. The number of alkyl halides is 3. The molecule has 0 bridgehead atoms. The lowest BCUT2D eigenvalue weighted by molar-refractivity contribution is -0.128. The van der Waals surface area contributed by atoms with Crippen LogP contribution in [0, 0.1) is 5.92 Å². The average molecular weight is 332 g/mol. The van der Waals surface area contributed by atoms with E-state index in [0.29, 0.717) is 16.6 Å². The van der Waals surface area contributed by atoms with Crippen molar-refractivity contribution in [2.45, 2.75) is 32.9 Å². The van der Waals surface area contributed by atoms with Crippen LogP contribution in [0.1, 0.15) is 25.4 Å². The van der Waals surface area contributed by atoms with Crippen molar-refractivity contribution in [3.63, 3.8) is 0 Å². The molecule has 0 aliphatic rings. The van der Waals surface area contributed by atoms with Gasteiger partial charge in [0.1, 0.15) is 17.4 Å². The van der Waals surface area contributed by atoms with Crippen molar-refractivity contribution in [2.75, 3.05) is 0 Å². The lowest BCUT2D eigenvalue weighted by Gasteiger charge is -2.11. The highest BCUT2D eigenvalue weighted by molar-refractivity contribution is 9.10. The second-order valence-corrected chi connectivity index (χ2v) is 5.23. The van der Waals surface area contributed by atoms with Gasteiger partial charge in [0.05, 0.1) is 10.2 Å². The molecule has 0 atom stereocenters. The average Bonchev–Trinajstić information content (AvgIpc) is 2.09. The van der Waals surface area contributed by atoms with Crippen LogP contribution in [0.15, 0.2) is 4.47 Å². The highest BCUT2D eigenvalue weighted by atomic mass is 79.9. The second-order valence-electron chi connectivity index (χ2n) is 4.08. The van der Waals surface area contributed by atoms with Gasteiger partial charge in [0, 0.05) is 0 Å². The largest absolute Gasteiger partial charge is 0.396 e. The first-order chi connectivity index (χ1) is 7.69. The maximum absolute atomic E-state index is 12.2. The first-order valence-corrected chi connectivity index (χ1v) is 6.13. The molecule has 0 fully saturated rings. The molecule has 17 heavy (non-hydrogen) atoms. The summed E-state index contributed by atoms with van der Waals surface area (Å²) in [5, 5.41) is 0.0231. The van der Waals surface area contributed by atoms with Crippen molar-refractivity contribution in [1.29, 1.82) is 0 Å². The van der Waals surface area contributed by atoms with Crippen LogP contribution in [0.2, 0.25) is 5.15 Å². The van der Waals surface area contributed by atoms with Gasteiger partial charge in [-0.3, -0.25) is 0 Å². The number of rotatable bonds is 3. The van der Waals surface area contributed by atoms with Gasteiger partial charge in [-0.2, -0.15) is 13.2 Å². The normalized spacial score (nSPS) is 12.2. The molecule has 7 heteroatoms. The number of halogens is 5. The van der Waals surface area contributed by atoms with Crippen LogP contribution in [0.25, 0.3) is 0 Å². The molecule has 1 rings (SSSR count). The topological polar surface area (TPSA) is 25.8 Å². The first kappa shape index (κ1) is 14.7. The third kappa shape index (κ3) is 4.79. The highest BCUT2D eigenvalue weighted by Gasteiger charge is 2.30. The molecular weight excluding hydrogens is 320 g/mol. The molecule has 0 aliphatic heterocycles. The van der Waals surface area contributed by atoms with E-state index in [1.165, 1.54) is 0 Å². The molecule has 0 spiro atoms. The molecular formula is C10H11BrClF3N2. The summed E-state index contributed by atoms with van der Waals surface area (Å²) in [6, 6.07) is 0. The number of hydrogen-bond donors (Lipinski definition) is 0. The van der Waals surface area contributed by atoms with Crippen molar-refractivity contribution in [3.05, 3.63) is 21.1 Å². The van der Waals surface area contributed by atoms with Crippen LogP contribution in [0.4, 0.5) is 13.2 Å². The summed E-state index contributed by atoms with van der Waals surface area (Å²) in [4.78, 5) is 7.51. The Morgan fingerprint density at radius 3 is 2.35 bits per heavy atom. The van der Waals surface area contributed by atoms with Gasteiger partial charge >= 0.3 is 6.18 Å². The van der Waals surface area contributed by atoms with Crippen molar-refractivity contribution >= 4 is 27.5 Å². The zero-order valence-corrected chi connectivity index (χ0v) is 11.6. The fourth-order valence-corrected chi connectivity index (χ4v) is 1.84. The van der Waals surface area contributed by atoms with E-state index >= 15 is 0 Å². The molecule has 2 nitrogen and oxygen atoms in total. The minimum Gasteiger partial charge on any atom is -0.236 e. The summed E-state index contributed by atoms with van der Waals surface area (Å²) in [7, 11) is 0. The van der Waals surface area contributed by atoms with Crippen LogP contribution >= 0.6 is 27.5 Å². The number of hydrogen-bond acceptors (Lipinski definition) is 2. The van der Waals surface area contributed by atoms with E-state index in [1.54, 1.807) is 0 Å². The fourth-order valence-electron chi connectivity index (χ4n) is 1.29. The Labute approximate surface area is 111 Å². The van der Waals surface area contributed by atoms with Crippen molar-refractivity contribution in [3.8, 4) is 0 Å². The highest BCUT2D eigenvalue weighted by Crippen LogP contribution is 2.27. The molecule has 0 unspecified atom stereocenters. The molecule has 0 aliphatic carbocycles. The Morgan fingerprint density at radius 1 is 1.29 bits per heavy atom. The van der Waals surface area contributed by atoms with Crippen molar-refractivity contribution in [1.82, 2.24) is 9.97 Å². The first-order valence-electron chi connectivity index (χ1n) is 4.96. The third-order valence-electron chi connectivity index (χ3n) is 1.89. The number of aromatic nitrogens is 2. The minimum absolute atomic E-state index is 0.0231. The van der Waals surface area contributed by atoms with E-state index < -0.39 is 12.6 Å². The lowest BCUT2D eigenvalue weighted by atomic mass is 10.1. The summed E-state index contributed by atoms with van der Waals surface area (Å²) in [5.74, 6) is -0.0163. The standard InChI is InChI=1S/C10H11BrClF3N2/c1-5(2)3-6-8(11)9(12)17-7(16-6)4-10(13,14)15/h5H,3-4H2,1-2H3. The minimum atomic E-state index is -4.33. The summed E-state index contributed by atoms with van der Waals surface area (Å²) >= 11 is 8.95. The van der Waals surface area contributed by atoms with Gasteiger partial charge in [0.25, 0.3) is 0 Å². The van der Waals surface area contributed by atoms with E-state index in [2.05, 4.69) is 25.9 Å². The molecule has 1 aromatic heterocycles. The van der Waals surface area contributed by atoms with Crippen molar-refractivity contribution < 1.29 is 13.2 Å². The summed E-state index contributed by atoms with van der Waals surface area (Å²) in [6.07, 6.45) is -4.94. The monoisotopic (exact) mass is 330 g/mol. The SMILES string of the molecule is CC(C)Cc1nc(CC(F)(F)F)nc(Cl)c1Br.